The molecular weight excluding hydrogens is 668 g/mol. The van der Waals surface area contributed by atoms with Crippen LogP contribution in [0.15, 0.2) is 138 Å². The predicted octanol–water partition coefficient (Wildman–Crippen LogP) is 7.82. The molecule has 11 heteroatoms. The highest BCUT2D eigenvalue weighted by atomic mass is 16.5. The Hall–Kier alpha value is -6.13. The van der Waals surface area contributed by atoms with E-state index in [-0.39, 0.29) is 18.9 Å². The minimum atomic E-state index is -1.53. The average Bonchev–Trinajstić information content (AvgIpc) is 3.59. The van der Waals surface area contributed by atoms with E-state index in [1.165, 1.54) is 0 Å². The smallest absolute Gasteiger partial charge is 0.266 e. The highest BCUT2D eigenvalue weighted by Gasteiger charge is 2.53. The second-order valence-electron chi connectivity index (χ2n) is 12.4. The number of amides is 1. The van der Waals surface area contributed by atoms with Crippen molar-refractivity contribution in [3.05, 3.63) is 160 Å². The number of nitrogens with zero attached hydrogens (tertiary/aromatic N) is 4. The van der Waals surface area contributed by atoms with Gasteiger partial charge in [-0.2, -0.15) is 0 Å². The predicted molar refractivity (Wildman–Crippen MR) is 205 cm³/mol. The number of para-hydroxylation sites is 1. The summed E-state index contributed by atoms with van der Waals surface area (Å²) in [6.07, 6.45) is 0.331. The van der Waals surface area contributed by atoms with Crippen LogP contribution in [0.25, 0.3) is 21.6 Å². The van der Waals surface area contributed by atoms with Crippen LogP contribution >= 0.6 is 0 Å². The molecule has 0 saturated heterocycles. The lowest BCUT2D eigenvalue weighted by atomic mass is 9.81. The van der Waals surface area contributed by atoms with Crippen LogP contribution in [-0.2, 0) is 22.4 Å². The molecule has 1 aliphatic rings. The van der Waals surface area contributed by atoms with Gasteiger partial charge in [-0.1, -0.05) is 102 Å². The lowest BCUT2D eigenvalue weighted by Crippen LogP contribution is -2.54. The van der Waals surface area contributed by atoms with Crippen molar-refractivity contribution < 1.29 is 24.1 Å². The van der Waals surface area contributed by atoms with Crippen LogP contribution < -0.4 is 20.3 Å². The van der Waals surface area contributed by atoms with Gasteiger partial charge in [-0.15, -0.1) is 0 Å². The van der Waals surface area contributed by atoms with Crippen LogP contribution in [0.5, 0.6) is 11.5 Å². The molecule has 1 heterocycles. The molecule has 5 aromatic carbocycles. The Morgan fingerprint density at radius 2 is 1.55 bits per heavy atom. The van der Waals surface area contributed by atoms with Crippen molar-refractivity contribution in [1.82, 2.24) is 10.9 Å². The summed E-state index contributed by atoms with van der Waals surface area (Å²) >= 11 is 0. The number of azide groups is 1. The van der Waals surface area contributed by atoms with E-state index < -0.39 is 17.6 Å². The van der Waals surface area contributed by atoms with E-state index >= 15 is 0 Å². The van der Waals surface area contributed by atoms with Crippen LogP contribution in [0.1, 0.15) is 41.7 Å². The Morgan fingerprint density at radius 3 is 2.28 bits per heavy atom. The van der Waals surface area contributed by atoms with Crippen molar-refractivity contribution in [1.29, 1.82) is 0 Å². The fourth-order valence-corrected chi connectivity index (χ4v) is 6.31. The molecule has 0 spiro atoms. The molecule has 3 N–H and O–H groups in total. The zero-order valence-electron chi connectivity index (χ0n) is 29.5. The Morgan fingerprint density at radius 1 is 0.868 bits per heavy atom. The first kappa shape index (κ1) is 36.7. The fraction of sp³-hybridized carbons (Fsp3) is 0.238. The molecule has 5 aromatic rings. The standard InChI is InChI=1S/C42H42N6O5/c1-2-51-38-16-9-7-13-32(38)25-26-44-47-41(50)42(29-35-14-6-8-15-37(35)46-48-43)39(33-19-17-31(18-20-33)30-11-4-3-5-12-30)53-40(45-42)34-21-23-36(24-22-34)52-28-10-27-49/h3-9,11-24,39,44,49H,2,10,25-29H2,1H3,(H,47,50)/t39-,42-/m0/s1. The zero-order chi connectivity index (χ0) is 36.9. The lowest BCUT2D eigenvalue weighted by Gasteiger charge is -2.31. The number of aliphatic hydroxyl groups excluding tert-OH is 1. The van der Waals surface area contributed by atoms with E-state index in [0.29, 0.717) is 55.2 Å². The molecular formula is C42H42N6O5. The SMILES string of the molecule is CCOc1ccccc1CCNNC(=O)[C@@]1(Cc2ccccc2N=[N+]=[N-])N=C(c2ccc(OCCCO)cc2)O[C@H]1c1ccc(-c2ccccc2)cc1. The van der Waals surface area contributed by atoms with Gasteiger partial charge in [-0.25, -0.2) is 10.4 Å². The van der Waals surface area contributed by atoms with E-state index in [4.69, 9.17) is 24.3 Å². The van der Waals surface area contributed by atoms with Crippen molar-refractivity contribution in [3.63, 3.8) is 0 Å². The van der Waals surface area contributed by atoms with E-state index in [1.807, 2.05) is 110 Å². The summed E-state index contributed by atoms with van der Waals surface area (Å²) < 4.78 is 18.2. The van der Waals surface area contributed by atoms with Crippen LogP contribution in [0, 0.1) is 0 Å². The molecule has 2 atom stereocenters. The van der Waals surface area contributed by atoms with Gasteiger partial charge < -0.3 is 19.3 Å². The van der Waals surface area contributed by atoms with Crippen LogP contribution in [0.4, 0.5) is 5.69 Å². The van der Waals surface area contributed by atoms with Crippen molar-refractivity contribution in [3.8, 4) is 22.6 Å². The van der Waals surface area contributed by atoms with Gasteiger partial charge in [0.2, 0.25) is 5.90 Å². The fourth-order valence-electron chi connectivity index (χ4n) is 6.31. The lowest BCUT2D eigenvalue weighted by molar-refractivity contribution is -0.130. The second kappa shape index (κ2) is 17.9. The Bertz CT molecular complexity index is 2050. The number of nitrogens with one attached hydrogen (secondary N) is 2. The molecule has 0 aliphatic carbocycles. The normalized spacial score (nSPS) is 16.2. The molecule has 0 saturated carbocycles. The number of benzene rings is 5. The number of rotatable bonds is 17. The summed E-state index contributed by atoms with van der Waals surface area (Å²) in [5, 5.41) is 13.1. The van der Waals surface area contributed by atoms with Crippen molar-refractivity contribution in [2.45, 2.75) is 37.8 Å². The molecule has 0 bridgehead atoms. The van der Waals surface area contributed by atoms with E-state index in [1.54, 1.807) is 24.3 Å². The van der Waals surface area contributed by atoms with Crippen molar-refractivity contribution >= 4 is 17.5 Å². The van der Waals surface area contributed by atoms with E-state index in [2.05, 4.69) is 20.9 Å². The first-order chi connectivity index (χ1) is 26.0. The van der Waals surface area contributed by atoms with Crippen LogP contribution in [0.3, 0.4) is 0 Å². The maximum absolute atomic E-state index is 14.7. The molecule has 0 radical (unpaired) electrons. The minimum absolute atomic E-state index is 0.0405. The van der Waals surface area contributed by atoms with E-state index in [9.17, 15) is 10.3 Å². The number of aliphatic hydroxyl groups is 1. The number of hydrogen-bond donors (Lipinski definition) is 3. The van der Waals surface area contributed by atoms with Crippen molar-refractivity contribution in [2.24, 2.45) is 10.1 Å². The number of carbonyl (C=O) groups excluding carboxylic acids is 1. The average molecular weight is 711 g/mol. The van der Waals surface area contributed by atoms with Gasteiger partial charge >= 0.3 is 0 Å². The highest BCUT2D eigenvalue weighted by Crippen LogP contribution is 2.44. The third kappa shape index (κ3) is 8.85. The van der Waals surface area contributed by atoms with Gasteiger partial charge in [-0.3, -0.25) is 10.2 Å². The third-order valence-corrected chi connectivity index (χ3v) is 8.95. The van der Waals surface area contributed by atoms with Crippen LogP contribution in [-0.4, -0.2) is 48.8 Å². The zero-order valence-corrected chi connectivity index (χ0v) is 29.5. The van der Waals surface area contributed by atoms with Crippen molar-refractivity contribution in [2.75, 3.05) is 26.4 Å². The molecule has 11 nitrogen and oxygen atoms in total. The molecule has 0 unspecified atom stereocenters. The second-order valence-corrected chi connectivity index (χ2v) is 12.4. The monoisotopic (exact) mass is 710 g/mol. The molecule has 53 heavy (non-hydrogen) atoms. The van der Waals surface area contributed by atoms with E-state index in [0.717, 1.165) is 28.0 Å². The van der Waals surface area contributed by atoms with Gasteiger partial charge in [0, 0.05) is 42.2 Å². The highest BCUT2D eigenvalue weighted by molar-refractivity contribution is 6.01. The van der Waals surface area contributed by atoms with Crippen LogP contribution in [0.2, 0.25) is 0 Å². The molecule has 1 amide bonds. The summed E-state index contributed by atoms with van der Waals surface area (Å²) in [7, 11) is 0. The summed E-state index contributed by atoms with van der Waals surface area (Å²) in [5.74, 6) is 1.31. The maximum atomic E-state index is 14.7. The topological polar surface area (TPSA) is 150 Å². The van der Waals surface area contributed by atoms with Gasteiger partial charge in [0.15, 0.2) is 11.6 Å². The summed E-state index contributed by atoms with van der Waals surface area (Å²) in [6, 6.07) is 40.3. The maximum Gasteiger partial charge on any atom is 0.266 e. The largest absolute Gasteiger partial charge is 0.494 e. The quantitative estimate of drug-likeness (QED) is 0.0295. The van der Waals surface area contributed by atoms with Gasteiger partial charge in [-0.05, 0) is 77.0 Å². The number of hydrazine groups is 1. The number of hydrogen-bond acceptors (Lipinski definition) is 8. The summed E-state index contributed by atoms with van der Waals surface area (Å²) in [4.78, 5) is 22.9. The minimum Gasteiger partial charge on any atom is -0.494 e. The Labute approximate surface area is 308 Å². The summed E-state index contributed by atoms with van der Waals surface area (Å²) in [5.41, 5.74) is 19.4. The third-order valence-electron chi connectivity index (χ3n) is 8.95. The molecule has 6 rings (SSSR count). The Kier molecular flexibility index (Phi) is 12.4. The summed E-state index contributed by atoms with van der Waals surface area (Å²) in [6.45, 7) is 3.34. The number of ether oxygens (including phenoxy) is 3. The molecule has 0 aromatic heterocycles. The van der Waals surface area contributed by atoms with Gasteiger partial charge in [0.05, 0.1) is 13.2 Å². The molecule has 1 aliphatic heterocycles. The Balaban J connectivity index is 1.37. The first-order valence-corrected chi connectivity index (χ1v) is 17.7. The van der Waals surface area contributed by atoms with Gasteiger partial charge in [0.25, 0.3) is 5.91 Å². The molecule has 270 valence electrons. The number of aliphatic imine (C=N–C) groups is 1. The van der Waals surface area contributed by atoms with Gasteiger partial charge in [0.1, 0.15) is 11.5 Å². The first-order valence-electron chi connectivity index (χ1n) is 17.7. The number of carbonyl (C=O) groups is 1. The molecule has 0 fully saturated rings.